The Morgan fingerprint density at radius 3 is 2.67 bits per heavy atom. The van der Waals surface area contributed by atoms with Crippen LogP contribution in [0, 0.1) is 0 Å². The molecule has 0 saturated carbocycles. The minimum Gasteiger partial charge on any atom is -0.366 e. The molecule has 0 bridgehead atoms. The maximum absolute atomic E-state index is 11.5. The maximum atomic E-state index is 11.5. The third-order valence-electron chi connectivity index (χ3n) is 2.97. The van der Waals surface area contributed by atoms with Gasteiger partial charge in [-0.1, -0.05) is 30.3 Å². The molecule has 2 aromatic carbocycles. The van der Waals surface area contributed by atoms with Gasteiger partial charge in [-0.25, -0.2) is 0 Å². The third-order valence-corrected chi connectivity index (χ3v) is 2.97. The molecule has 0 fully saturated rings. The van der Waals surface area contributed by atoms with E-state index in [0.717, 1.165) is 22.0 Å². The van der Waals surface area contributed by atoms with Gasteiger partial charge in [0.1, 0.15) is 0 Å². The van der Waals surface area contributed by atoms with Gasteiger partial charge in [0, 0.05) is 10.9 Å². The normalized spacial score (nSPS) is 10.7. The van der Waals surface area contributed by atoms with Crippen molar-refractivity contribution in [3.63, 3.8) is 0 Å². The van der Waals surface area contributed by atoms with E-state index < -0.39 is 5.91 Å². The Bertz CT molecular complexity index is 730. The number of rotatable bonds is 2. The smallest absolute Gasteiger partial charge is 0.249 e. The summed E-state index contributed by atoms with van der Waals surface area (Å²) in [6.45, 7) is 0. The van der Waals surface area contributed by atoms with Crippen LogP contribution in [0.5, 0.6) is 0 Å². The van der Waals surface area contributed by atoms with E-state index in [9.17, 15) is 4.79 Å². The molecular formula is C14H11N3O. The minimum atomic E-state index is -0.425. The van der Waals surface area contributed by atoms with Crippen LogP contribution in [-0.4, -0.2) is 16.1 Å². The summed E-state index contributed by atoms with van der Waals surface area (Å²) in [5.74, 6) is -0.425. The first kappa shape index (κ1) is 10.5. The number of primary amides is 1. The first-order chi connectivity index (χ1) is 8.77. The molecule has 0 aliphatic carbocycles. The molecule has 88 valence electrons. The van der Waals surface area contributed by atoms with Gasteiger partial charge >= 0.3 is 0 Å². The number of benzene rings is 2. The van der Waals surface area contributed by atoms with Crippen molar-refractivity contribution in [1.82, 2.24) is 10.2 Å². The van der Waals surface area contributed by atoms with Gasteiger partial charge in [-0.2, -0.15) is 5.10 Å². The molecule has 4 nitrogen and oxygen atoms in total. The lowest BCUT2D eigenvalue weighted by molar-refractivity contribution is 0.100. The first-order valence-electron chi connectivity index (χ1n) is 5.58. The van der Waals surface area contributed by atoms with E-state index in [0.29, 0.717) is 5.56 Å². The first-order valence-corrected chi connectivity index (χ1v) is 5.58. The molecule has 0 unspecified atom stereocenters. The van der Waals surface area contributed by atoms with Gasteiger partial charge in [0.15, 0.2) is 0 Å². The molecule has 1 heterocycles. The molecule has 3 N–H and O–H groups in total. The van der Waals surface area contributed by atoms with E-state index in [2.05, 4.69) is 10.2 Å². The number of hydrogen-bond acceptors (Lipinski definition) is 2. The van der Waals surface area contributed by atoms with Crippen molar-refractivity contribution in [2.24, 2.45) is 5.73 Å². The van der Waals surface area contributed by atoms with Crippen LogP contribution in [0.15, 0.2) is 48.7 Å². The summed E-state index contributed by atoms with van der Waals surface area (Å²) < 4.78 is 0. The molecule has 0 atom stereocenters. The molecule has 1 amide bonds. The fraction of sp³-hybridized carbons (Fsp3) is 0. The number of fused-ring (bicyclic) bond motifs is 1. The summed E-state index contributed by atoms with van der Waals surface area (Å²) in [4.78, 5) is 11.5. The number of aromatic amines is 1. The van der Waals surface area contributed by atoms with Gasteiger partial charge in [0.05, 0.1) is 11.7 Å². The van der Waals surface area contributed by atoms with Crippen molar-refractivity contribution < 1.29 is 4.79 Å². The van der Waals surface area contributed by atoms with Crippen molar-refractivity contribution in [3.05, 3.63) is 54.2 Å². The highest BCUT2D eigenvalue weighted by molar-refractivity contribution is 6.04. The van der Waals surface area contributed by atoms with E-state index >= 15 is 0 Å². The second-order valence-corrected chi connectivity index (χ2v) is 4.05. The highest BCUT2D eigenvalue weighted by Gasteiger charge is 2.12. The number of nitrogens with zero attached hydrogens (tertiary/aromatic N) is 1. The molecule has 3 aromatic rings. The monoisotopic (exact) mass is 237 g/mol. The quantitative estimate of drug-likeness (QED) is 0.718. The lowest BCUT2D eigenvalue weighted by Gasteiger charge is -2.07. The van der Waals surface area contributed by atoms with Crippen molar-refractivity contribution in [1.29, 1.82) is 0 Å². The number of nitrogens with two attached hydrogens (primary N) is 1. The van der Waals surface area contributed by atoms with Crippen molar-refractivity contribution in [2.75, 3.05) is 0 Å². The minimum absolute atomic E-state index is 0.425. The molecule has 0 aliphatic heterocycles. The Labute approximate surface area is 103 Å². The summed E-state index contributed by atoms with van der Waals surface area (Å²) in [6, 6.07) is 13.1. The molecule has 4 heteroatoms. The van der Waals surface area contributed by atoms with E-state index in [1.54, 1.807) is 18.3 Å². The van der Waals surface area contributed by atoms with Gasteiger partial charge in [-0.3, -0.25) is 9.89 Å². The number of amides is 1. The molecule has 0 radical (unpaired) electrons. The highest BCUT2D eigenvalue weighted by Crippen LogP contribution is 2.29. The average Bonchev–Trinajstić information content (AvgIpc) is 2.86. The van der Waals surface area contributed by atoms with E-state index in [1.807, 2.05) is 30.3 Å². The van der Waals surface area contributed by atoms with E-state index in [1.165, 1.54) is 0 Å². The van der Waals surface area contributed by atoms with Crippen LogP contribution in [0.25, 0.3) is 22.0 Å². The molecule has 0 aliphatic rings. The highest BCUT2D eigenvalue weighted by atomic mass is 16.1. The summed E-state index contributed by atoms with van der Waals surface area (Å²) in [5.41, 5.74) is 8.65. The van der Waals surface area contributed by atoms with Crippen LogP contribution in [0.1, 0.15) is 10.4 Å². The predicted molar refractivity (Wildman–Crippen MR) is 70.0 cm³/mol. The summed E-state index contributed by atoms with van der Waals surface area (Å²) >= 11 is 0. The Hall–Kier alpha value is -2.62. The van der Waals surface area contributed by atoms with Crippen molar-refractivity contribution in [3.8, 4) is 11.1 Å². The molecular weight excluding hydrogens is 226 g/mol. The average molecular weight is 237 g/mol. The van der Waals surface area contributed by atoms with Gasteiger partial charge in [0.2, 0.25) is 5.91 Å². The van der Waals surface area contributed by atoms with Crippen LogP contribution in [0.4, 0.5) is 0 Å². The van der Waals surface area contributed by atoms with Gasteiger partial charge in [-0.05, 0) is 23.3 Å². The number of hydrogen-bond donors (Lipinski definition) is 2. The Balaban J connectivity index is 2.33. The number of carbonyl (C=O) groups is 1. The lowest BCUT2D eigenvalue weighted by atomic mass is 9.97. The fourth-order valence-corrected chi connectivity index (χ4v) is 2.14. The fourth-order valence-electron chi connectivity index (χ4n) is 2.14. The van der Waals surface area contributed by atoms with E-state index in [4.69, 9.17) is 5.73 Å². The summed E-state index contributed by atoms with van der Waals surface area (Å²) in [6.07, 6.45) is 1.75. The second-order valence-electron chi connectivity index (χ2n) is 4.05. The Morgan fingerprint density at radius 2 is 1.83 bits per heavy atom. The number of nitrogens with one attached hydrogen (secondary N) is 1. The third kappa shape index (κ3) is 1.55. The van der Waals surface area contributed by atoms with Crippen LogP contribution >= 0.6 is 0 Å². The second kappa shape index (κ2) is 4.00. The number of carbonyl (C=O) groups excluding carboxylic acids is 1. The van der Waals surface area contributed by atoms with Gasteiger partial charge in [0.25, 0.3) is 0 Å². The molecule has 0 spiro atoms. The molecule has 0 saturated heterocycles. The Morgan fingerprint density at radius 1 is 1.06 bits per heavy atom. The van der Waals surface area contributed by atoms with Crippen LogP contribution in [0.3, 0.4) is 0 Å². The Kier molecular flexibility index (Phi) is 2.34. The largest absolute Gasteiger partial charge is 0.366 e. The van der Waals surface area contributed by atoms with Crippen molar-refractivity contribution in [2.45, 2.75) is 0 Å². The number of H-pyrrole nitrogens is 1. The van der Waals surface area contributed by atoms with Crippen LogP contribution < -0.4 is 5.73 Å². The zero-order valence-electron chi connectivity index (χ0n) is 9.55. The zero-order chi connectivity index (χ0) is 12.5. The molecule has 18 heavy (non-hydrogen) atoms. The van der Waals surface area contributed by atoms with Gasteiger partial charge < -0.3 is 5.73 Å². The summed E-state index contributed by atoms with van der Waals surface area (Å²) in [7, 11) is 0. The lowest BCUT2D eigenvalue weighted by Crippen LogP contribution is -2.12. The zero-order valence-corrected chi connectivity index (χ0v) is 9.55. The van der Waals surface area contributed by atoms with Crippen LogP contribution in [0.2, 0.25) is 0 Å². The molecule has 1 aromatic heterocycles. The standard InChI is InChI=1S/C14H11N3O/c15-14(18)11-5-2-1-4-9(11)10-6-3-7-13-12(10)8-16-17-13/h1-8H,(H2,15,18)(H,16,17). The topological polar surface area (TPSA) is 71.8 Å². The number of aromatic nitrogens is 2. The molecule has 3 rings (SSSR count). The summed E-state index contributed by atoms with van der Waals surface area (Å²) in [5, 5.41) is 7.91. The van der Waals surface area contributed by atoms with Gasteiger partial charge in [-0.15, -0.1) is 0 Å². The van der Waals surface area contributed by atoms with Crippen molar-refractivity contribution >= 4 is 16.8 Å². The van der Waals surface area contributed by atoms with E-state index in [-0.39, 0.29) is 0 Å². The predicted octanol–water partition coefficient (Wildman–Crippen LogP) is 2.33. The maximum Gasteiger partial charge on any atom is 0.249 e. The van der Waals surface area contributed by atoms with Crippen LogP contribution in [-0.2, 0) is 0 Å². The SMILES string of the molecule is NC(=O)c1ccccc1-c1cccc2[nH]ncc12.